The summed E-state index contributed by atoms with van der Waals surface area (Å²) >= 11 is 12.3. The molecule has 23 heavy (non-hydrogen) atoms. The molecule has 1 aliphatic heterocycles. The van der Waals surface area contributed by atoms with E-state index in [0.29, 0.717) is 10.0 Å². The zero-order valence-electron chi connectivity index (χ0n) is 12.6. The molecule has 2 heterocycles. The summed E-state index contributed by atoms with van der Waals surface area (Å²) in [4.78, 5) is 0. The fourth-order valence-corrected chi connectivity index (χ4v) is 3.59. The van der Waals surface area contributed by atoms with Crippen LogP contribution in [-0.2, 0) is 6.42 Å². The third-order valence-electron chi connectivity index (χ3n) is 4.14. The van der Waals surface area contributed by atoms with Crippen LogP contribution in [0.15, 0.2) is 42.5 Å². The van der Waals surface area contributed by atoms with E-state index in [2.05, 4.69) is 24.4 Å². The van der Waals surface area contributed by atoms with Crippen molar-refractivity contribution in [3.8, 4) is 16.9 Å². The predicted molar refractivity (Wildman–Crippen MR) is 96.0 cm³/mol. The number of rotatable bonds is 2. The Morgan fingerprint density at radius 2 is 1.83 bits per heavy atom. The van der Waals surface area contributed by atoms with Crippen LogP contribution in [0.3, 0.4) is 0 Å². The van der Waals surface area contributed by atoms with Crippen LogP contribution in [0.25, 0.3) is 16.9 Å². The van der Waals surface area contributed by atoms with Gasteiger partial charge in [0.25, 0.3) is 0 Å². The fourth-order valence-electron chi connectivity index (χ4n) is 3.08. The quantitative estimate of drug-likeness (QED) is 0.699. The summed E-state index contributed by atoms with van der Waals surface area (Å²) in [5.74, 6) is 1.03. The van der Waals surface area contributed by atoms with Crippen LogP contribution in [0.4, 0.5) is 5.82 Å². The number of benzene rings is 2. The Balaban J connectivity index is 1.93. The summed E-state index contributed by atoms with van der Waals surface area (Å²) in [5, 5.41) is 9.49. The number of fused-ring (bicyclic) bond motifs is 1. The number of hydrogen-bond acceptors (Lipinski definition) is 2. The molecule has 1 N–H and O–H groups in total. The van der Waals surface area contributed by atoms with Gasteiger partial charge in [0.1, 0.15) is 5.82 Å². The molecule has 0 unspecified atom stereocenters. The molecule has 0 spiro atoms. The van der Waals surface area contributed by atoms with Gasteiger partial charge in [0.2, 0.25) is 0 Å². The largest absolute Gasteiger partial charge is 0.369 e. The summed E-state index contributed by atoms with van der Waals surface area (Å²) in [6, 6.07) is 13.8. The number of nitrogens with one attached hydrogen (secondary N) is 1. The average molecular weight is 344 g/mol. The van der Waals surface area contributed by atoms with Crippen LogP contribution in [0.1, 0.15) is 11.1 Å². The van der Waals surface area contributed by atoms with E-state index < -0.39 is 0 Å². The number of aromatic nitrogens is 2. The van der Waals surface area contributed by atoms with E-state index in [-0.39, 0.29) is 0 Å². The summed E-state index contributed by atoms with van der Waals surface area (Å²) < 4.78 is 1.90. The first-order valence-corrected chi connectivity index (χ1v) is 8.27. The summed E-state index contributed by atoms with van der Waals surface area (Å²) in [5.41, 5.74) is 5.53. The molecule has 1 aromatic heterocycles. The summed E-state index contributed by atoms with van der Waals surface area (Å²) in [7, 11) is 0. The Morgan fingerprint density at radius 3 is 2.57 bits per heavy atom. The van der Waals surface area contributed by atoms with Gasteiger partial charge in [0.15, 0.2) is 0 Å². The molecule has 0 aliphatic carbocycles. The zero-order valence-corrected chi connectivity index (χ0v) is 14.1. The van der Waals surface area contributed by atoms with E-state index in [1.807, 2.05) is 28.9 Å². The molecule has 0 saturated carbocycles. The molecule has 5 heteroatoms. The van der Waals surface area contributed by atoms with Gasteiger partial charge in [0.05, 0.1) is 11.4 Å². The van der Waals surface area contributed by atoms with E-state index >= 15 is 0 Å². The van der Waals surface area contributed by atoms with Crippen molar-refractivity contribution in [2.45, 2.75) is 13.3 Å². The van der Waals surface area contributed by atoms with Gasteiger partial charge in [-0.1, -0.05) is 47.5 Å². The monoisotopic (exact) mass is 343 g/mol. The molecule has 0 saturated heterocycles. The number of nitrogens with zero attached hydrogens (tertiary/aromatic N) is 2. The highest BCUT2D eigenvalue weighted by Crippen LogP contribution is 2.36. The first-order valence-electron chi connectivity index (χ1n) is 7.52. The van der Waals surface area contributed by atoms with Gasteiger partial charge < -0.3 is 5.32 Å². The molecule has 4 rings (SSSR count). The van der Waals surface area contributed by atoms with Gasteiger partial charge >= 0.3 is 0 Å². The smallest absolute Gasteiger partial charge is 0.133 e. The highest BCUT2D eigenvalue weighted by Gasteiger charge is 2.24. The molecule has 0 amide bonds. The molecule has 1 aliphatic rings. The van der Waals surface area contributed by atoms with Gasteiger partial charge in [-0.2, -0.15) is 5.10 Å². The molecule has 0 atom stereocenters. The molecular formula is C18H15Cl2N3. The number of hydrogen-bond donors (Lipinski definition) is 1. The second kappa shape index (κ2) is 5.59. The minimum Gasteiger partial charge on any atom is -0.369 e. The average Bonchev–Trinajstić information content (AvgIpc) is 3.09. The lowest BCUT2D eigenvalue weighted by atomic mass is 10.0. The molecule has 3 nitrogen and oxygen atoms in total. The number of halogens is 2. The van der Waals surface area contributed by atoms with Crippen LogP contribution < -0.4 is 5.32 Å². The van der Waals surface area contributed by atoms with E-state index in [4.69, 9.17) is 28.3 Å². The first kappa shape index (κ1) is 14.6. The van der Waals surface area contributed by atoms with Crippen LogP contribution >= 0.6 is 23.2 Å². The highest BCUT2D eigenvalue weighted by atomic mass is 35.5. The Labute approximate surface area is 144 Å². The van der Waals surface area contributed by atoms with Gasteiger partial charge in [-0.05, 0) is 37.1 Å². The zero-order chi connectivity index (χ0) is 16.0. The Morgan fingerprint density at radius 1 is 1.09 bits per heavy atom. The molecule has 2 aromatic carbocycles. The van der Waals surface area contributed by atoms with Crippen molar-refractivity contribution in [2.24, 2.45) is 0 Å². The molecule has 0 fully saturated rings. The Hall–Kier alpha value is -1.97. The highest BCUT2D eigenvalue weighted by molar-refractivity contribution is 6.34. The normalized spacial score (nSPS) is 13.0. The van der Waals surface area contributed by atoms with Crippen molar-refractivity contribution in [1.82, 2.24) is 9.78 Å². The number of aryl methyl sites for hydroxylation is 1. The lowest BCUT2D eigenvalue weighted by Gasteiger charge is -2.08. The summed E-state index contributed by atoms with van der Waals surface area (Å²) in [6.07, 6.45) is 0.966. The lowest BCUT2D eigenvalue weighted by Crippen LogP contribution is -2.04. The van der Waals surface area contributed by atoms with E-state index in [0.717, 1.165) is 30.2 Å². The van der Waals surface area contributed by atoms with Gasteiger partial charge in [-0.15, -0.1) is 0 Å². The maximum absolute atomic E-state index is 6.15. The second-order valence-electron chi connectivity index (χ2n) is 5.71. The van der Waals surface area contributed by atoms with Crippen molar-refractivity contribution in [1.29, 1.82) is 0 Å². The van der Waals surface area contributed by atoms with E-state index in [1.165, 1.54) is 16.7 Å². The Bertz CT molecular complexity index is 879. The van der Waals surface area contributed by atoms with E-state index in [1.54, 1.807) is 6.07 Å². The second-order valence-corrected chi connectivity index (χ2v) is 6.58. The van der Waals surface area contributed by atoms with Crippen molar-refractivity contribution >= 4 is 29.0 Å². The standard InChI is InChI=1S/C18H15Cl2N3/c1-11-4-2-3-5-15(11)17-16-6-7-21-18(16)23(22-17)14-9-12(19)8-13(20)10-14/h2-5,8-10,21H,6-7H2,1H3. The molecule has 0 radical (unpaired) electrons. The first-order chi connectivity index (χ1) is 11.1. The minimum atomic E-state index is 0.604. The fraction of sp³-hybridized carbons (Fsp3) is 0.167. The Kier molecular flexibility index (Phi) is 3.55. The van der Waals surface area contributed by atoms with Crippen molar-refractivity contribution in [2.75, 3.05) is 11.9 Å². The van der Waals surface area contributed by atoms with E-state index in [9.17, 15) is 0 Å². The van der Waals surface area contributed by atoms with Crippen molar-refractivity contribution < 1.29 is 0 Å². The molecule has 0 bridgehead atoms. The SMILES string of the molecule is Cc1ccccc1-c1nn(-c2cc(Cl)cc(Cl)c2)c2c1CCN2. The van der Waals surface area contributed by atoms with Gasteiger partial charge in [-0.25, -0.2) is 4.68 Å². The van der Waals surface area contributed by atoms with Crippen LogP contribution in [0.2, 0.25) is 10.0 Å². The number of anilines is 1. The maximum atomic E-state index is 6.15. The van der Waals surface area contributed by atoms with Gasteiger partial charge in [0, 0.05) is 27.7 Å². The van der Waals surface area contributed by atoms with Crippen LogP contribution in [0.5, 0.6) is 0 Å². The van der Waals surface area contributed by atoms with Crippen LogP contribution in [0, 0.1) is 6.92 Å². The third kappa shape index (κ3) is 2.50. The lowest BCUT2D eigenvalue weighted by molar-refractivity contribution is 0.882. The van der Waals surface area contributed by atoms with Crippen molar-refractivity contribution in [3.63, 3.8) is 0 Å². The minimum absolute atomic E-state index is 0.604. The van der Waals surface area contributed by atoms with Crippen molar-refractivity contribution in [3.05, 3.63) is 63.6 Å². The van der Waals surface area contributed by atoms with Crippen LogP contribution in [-0.4, -0.2) is 16.3 Å². The molecule has 3 aromatic rings. The topological polar surface area (TPSA) is 29.9 Å². The molecule has 116 valence electrons. The third-order valence-corrected chi connectivity index (χ3v) is 4.58. The maximum Gasteiger partial charge on any atom is 0.133 e. The molecular weight excluding hydrogens is 329 g/mol. The summed E-state index contributed by atoms with van der Waals surface area (Å²) in [6.45, 7) is 3.03. The van der Waals surface area contributed by atoms with Gasteiger partial charge in [-0.3, -0.25) is 0 Å². The predicted octanol–water partition coefficient (Wildman–Crippen LogP) is 5.12.